The summed E-state index contributed by atoms with van der Waals surface area (Å²) >= 11 is 0. The molecule has 2 fully saturated rings. The van der Waals surface area contributed by atoms with Crippen molar-refractivity contribution in [3.8, 4) is 0 Å². The topological polar surface area (TPSA) is 53.6 Å². The lowest BCUT2D eigenvalue weighted by atomic mass is 10.1. The summed E-state index contributed by atoms with van der Waals surface area (Å²) in [7, 11) is 0. The Bertz CT molecular complexity index is 529. The zero-order valence-corrected chi connectivity index (χ0v) is 13.9. The summed E-state index contributed by atoms with van der Waals surface area (Å²) in [6, 6.07) is 8.50. The number of morpholine rings is 1. The van der Waals surface area contributed by atoms with Crippen LogP contribution in [0, 0.1) is 0 Å². The first kappa shape index (κ1) is 16.4. The first-order valence-electron chi connectivity index (χ1n) is 8.63. The van der Waals surface area contributed by atoms with Crippen LogP contribution in [0.4, 0.5) is 0 Å². The molecule has 5 heteroatoms. The van der Waals surface area contributed by atoms with Gasteiger partial charge < -0.3 is 15.4 Å². The third-order valence-electron chi connectivity index (χ3n) is 4.57. The Morgan fingerprint density at radius 1 is 1.43 bits per heavy atom. The Balaban J connectivity index is 1.51. The van der Waals surface area contributed by atoms with Gasteiger partial charge in [-0.15, -0.1) is 0 Å². The minimum atomic E-state index is -0.00646. The number of amides is 1. The number of carbonyl (C=O) groups is 1. The number of hydrogen-bond donors (Lipinski definition) is 2. The van der Waals surface area contributed by atoms with E-state index in [0.29, 0.717) is 12.6 Å². The molecule has 2 heterocycles. The van der Waals surface area contributed by atoms with E-state index in [1.165, 1.54) is 5.56 Å². The number of benzene rings is 1. The summed E-state index contributed by atoms with van der Waals surface area (Å²) in [4.78, 5) is 14.5. The predicted octanol–water partition coefficient (Wildman–Crippen LogP) is 1.28. The normalized spacial score (nSPS) is 25.4. The molecule has 0 aromatic heterocycles. The minimum Gasteiger partial charge on any atom is -0.376 e. The van der Waals surface area contributed by atoms with Gasteiger partial charge in [-0.05, 0) is 37.4 Å². The quantitative estimate of drug-likeness (QED) is 0.859. The number of rotatable bonds is 5. The van der Waals surface area contributed by atoms with Gasteiger partial charge in [-0.2, -0.15) is 0 Å². The molecule has 126 valence electrons. The number of carbonyl (C=O) groups excluding carboxylic acids is 1. The predicted molar refractivity (Wildman–Crippen MR) is 90.0 cm³/mol. The summed E-state index contributed by atoms with van der Waals surface area (Å²) < 4.78 is 5.59. The molecule has 2 N–H and O–H groups in total. The molecule has 2 saturated heterocycles. The summed E-state index contributed by atoms with van der Waals surface area (Å²) in [6.07, 6.45) is 2.34. The van der Waals surface area contributed by atoms with Gasteiger partial charge in [0.05, 0.1) is 18.8 Å². The average molecular weight is 317 g/mol. The average Bonchev–Trinajstić information content (AvgIpc) is 3.07. The molecule has 2 atom stereocenters. The van der Waals surface area contributed by atoms with Crippen molar-refractivity contribution in [1.82, 2.24) is 15.5 Å². The molecule has 0 spiro atoms. The molecule has 0 saturated carbocycles. The fourth-order valence-electron chi connectivity index (χ4n) is 3.35. The lowest BCUT2D eigenvalue weighted by Gasteiger charge is -2.31. The third-order valence-corrected chi connectivity index (χ3v) is 4.57. The molecule has 1 unspecified atom stereocenters. The van der Waals surface area contributed by atoms with E-state index in [1.807, 2.05) is 0 Å². The van der Waals surface area contributed by atoms with Crippen LogP contribution in [0.2, 0.25) is 0 Å². The van der Waals surface area contributed by atoms with Gasteiger partial charge in [-0.3, -0.25) is 9.69 Å². The van der Waals surface area contributed by atoms with Gasteiger partial charge in [-0.1, -0.05) is 24.3 Å². The molecule has 0 aliphatic carbocycles. The number of hydrogen-bond acceptors (Lipinski definition) is 4. The second kappa shape index (κ2) is 7.90. The molecule has 2 aliphatic heterocycles. The van der Waals surface area contributed by atoms with Crippen LogP contribution in [-0.2, 0) is 22.6 Å². The standard InChI is InChI=1S/C18H27N3O2/c1-14-12-21(8-9-23-14)13-16-5-2-4-15(10-16)11-20-18(22)17-6-3-7-19-17/h2,4-5,10,14,17,19H,3,6-9,11-13H2,1H3,(H,20,22)/t14?,17-/m0/s1. The SMILES string of the molecule is CC1CN(Cc2cccc(CNC(=O)[C@@H]3CCCN3)c2)CCO1. The smallest absolute Gasteiger partial charge is 0.237 e. The van der Waals surface area contributed by atoms with E-state index in [4.69, 9.17) is 4.74 Å². The molecule has 1 aromatic carbocycles. The molecule has 1 amide bonds. The zero-order valence-electron chi connectivity index (χ0n) is 13.9. The molecule has 3 rings (SSSR count). The molecule has 0 radical (unpaired) electrons. The summed E-state index contributed by atoms with van der Waals surface area (Å²) in [6.45, 7) is 7.39. The van der Waals surface area contributed by atoms with Gasteiger partial charge in [0, 0.05) is 26.2 Å². The van der Waals surface area contributed by atoms with Gasteiger partial charge in [0.2, 0.25) is 5.91 Å². The Labute approximate surface area is 138 Å². The van der Waals surface area contributed by atoms with E-state index < -0.39 is 0 Å². The van der Waals surface area contributed by atoms with Crippen molar-refractivity contribution in [3.05, 3.63) is 35.4 Å². The van der Waals surface area contributed by atoms with Crippen LogP contribution in [0.5, 0.6) is 0 Å². The maximum absolute atomic E-state index is 12.1. The Morgan fingerprint density at radius 3 is 3.09 bits per heavy atom. The minimum absolute atomic E-state index is 0.00646. The molecular formula is C18H27N3O2. The van der Waals surface area contributed by atoms with E-state index in [2.05, 4.69) is 46.7 Å². The van der Waals surface area contributed by atoms with Crippen molar-refractivity contribution in [2.24, 2.45) is 0 Å². The molecule has 1 aromatic rings. The van der Waals surface area contributed by atoms with Gasteiger partial charge in [-0.25, -0.2) is 0 Å². The third kappa shape index (κ3) is 4.77. The number of nitrogens with zero attached hydrogens (tertiary/aromatic N) is 1. The molecule has 23 heavy (non-hydrogen) atoms. The van der Waals surface area contributed by atoms with Gasteiger partial charge >= 0.3 is 0 Å². The first-order chi connectivity index (χ1) is 11.2. The van der Waals surface area contributed by atoms with Crippen molar-refractivity contribution in [1.29, 1.82) is 0 Å². The van der Waals surface area contributed by atoms with Crippen LogP contribution in [-0.4, -0.2) is 49.2 Å². The highest BCUT2D eigenvalue weighted by molar-refractivity contribution is 5.81. The van der Waals surface area contributed by atoms with E-state index in [-0.39, 0.29) is 11.9 Å². The molecule has 2 aliphatic rings. The fourth-order valence-corrected chi connectivity index (χ4v) is 3.35. The van der Waals surface area contributed by atoms with Gasteiger partial charge in [0.1, 0.15) is 0 Å². The van der Waals surface area contributed by atoms with E-state index in [1.54, 1.807) is 0 Å². The maximum atomic E-state index is 12.1. The highest BCUT2D eigenvalue weighted by Gasteiger charge is 2.21. The highest BCUT2D eigenvalue weighted by atomic mass is 16.5. The van der Waals surface area contributed by atoms with Crippen molar-refractivity contribution in [2.75, 3.05) is 26.2 Å². The summed E-state index contributed by atoms with van der Waals surface area (Å²) in [5, 5.41) is 6.28. The maximum Gasteiger partial charge on any atom is 0.237 e. The van der Waals surface area contributed by atoms with Gasteiger partial charge in [0.15, 0.2) is 0 Å². The Morgan fingerprint density at radius 2 is 2.30 bits per heavy atom. The van der Waals surface area contributed by atoms with Crippen molar-refractivity contribution >= 4 is 5.91 Å². The lowest BCUT2D eigenvalue weighted by molar-refractivity contribution is -0.122. The molecular weight excluding hydrogens is 290 g/mol. The molecule has 0 bridgehead atoms. The summed E-state index contributed by atoms with van der Waals surface area (Å²) in [5.74, 6) is 0.120. The van der Waals surface area contributed by atoms with E-state index in [9.17, 15) is 4.79 Å². The highest BCUT2D eigenvalue weighted by Crippen LogP contribution is 2.12. The largest absolute Gasteiger partial charge is 0.376 e. The summed E-state index contributed by atoms with van der Waals surface area (Å²) in [5.41, 5.74) is 2.46. The van der Waals surface area contributed by atoms with Crippen molar-refractivity contribution in [2.45, 2.75) is 45.0 Å². The van der Waals surface area contributed by atoms with E-state index >= 15 is 0 Å². The second-order valence-corrected chi connectivity index (χ2v) is 6.60. The Kier molecular flexibility index (Phi) is 5.65. The monoisotopic (exact) mass is 317 g/mol. The fraction of sp³-hybridized carbons (Fsp3) is 0.611. The van der Waals surface area contributed by atoms with Crippen LogP contribution in [0.1, 0.15) is 30.9 Å². The van der Waals surface area contributed by atoms with E-state index in [0.717, 1.165) is 51.2 Å². The number of ether oxygens (including phenoxy) is 1. The first-order valence-corrected chi connectivity index (χ1v) is 8.63. The van der Waals surface area contributed by atoms with Crippen molar-refractivity contribution in [3.63, 3.8) is 0 Å². The second-order valence-electron chi connectivity index (χ2n) is 6.60. The van der Waals surface area contributed by atoms with Crippen LogP contribution < -0.4 is 10.6 Å². The van der Waals surface area contributed by atoms with Crippen LogP contribution in [0.3, 0.4) is 0 Å². The van der Waals surface area contributed by atoms with Crippen LogP contribution in [0.25, 0.3) is 0 Å². The zero-order chi connectivity index (χ0) is 16.1. The Hall–Kier alpha value is -1.43. The van der Waals surface area contributed by atoms with Crippen LogP contribution >= 0.6 is 0 Å². The van der Waals surface area contributed by atoms with Crippen LogP contribution in [0.15, 0.2) is 24.3 Å². The van der Waals surface area contributed by atoms with Gasteiger partial charge in [0.25, 0.3) is 0 Å². The van der Waals surface area contributed by atoms with Crippen molar-refractivity contribution < 1.29 is 9.53 Å². The molecule has 5 nitrogen and oxygen atoms in total. The lowest BCUT2D eigenvalue weighted by Crippen LogP contribution is -2.40. The number of nitrogens with one attached hydrogen (secondary N) is 2.